The number of benzene rings is 1. The highest BCUT2D eigenvalue weighted by molar-refractivity contribution is 5.79. The average Bonchev–Trinajstić information content (AvgIpc) is 3.57. The van der Waals surface area contributed by atoms with Crippen molar-refractivity contribution in [2.24, 2.45) is 4.99 Å². The number of hydrogen-bond acceptors (Lipinski definition) is 4. The minimum Gasteiger partial charge on any atom is -0.468 e. The molecule has 3 heterocycles. The van der Waals surface area contributed by atoms with Crippen molar-refractivity contribution in [3.05, 3.63) is 77.8 Å². The molecule has 0 amide bonds. The summed E-state index contributed by atoms with van der Waals surface area (Å²) in [6.45, 7) is 9.38. The number of nitrogens with one attached hydrogen (secondary N) is 2. The van der Waals surface area contributed by atoms with Crippen LogP contribution in [-0.4, -0.2) is 46.6 Å². The smallest absolute Gasteiger partial charge is 0.191 e. The summed E-state index contributed by atoms with van der Waals surface area (Å²) in [5.74, 6) is 2.87. The van der Waals surface area contributed by atoms with Gasteiger partial charge < -0.3 is 19.6 Å². The van der Waals surface area contributed by atoms with Crippen molar-refractivity contribution in [1.82, 2.24) is 25.1 Å². The van der Waals surface area contributed by atoms with Gasteiger partial charge in [-0.25, -0.2) is 9.98 Å². The number of hydrogen-bond donors (Lipinski definition) is 2. The normalized spacial score (nSPS) is 15.8. The molecule has 2 aromatic heterocycles. The van der Waals surface area contributed by atoms with Crippen LogP contribution in [0.15, 0.2) is 64.5 Å². The number of aromatic nitrogens is 2. The van der Waals surface area contributed by atoms with E-state index >= 15 is 0 Å². The first-order valence-electron chi connectivity index (χ1n) is 11.6. The van der Waals surface area contributed by atoms with Crippen LogP contribution in [0.5, 0.6) is 0 Å². The molecule has 1 atom stereocenters. The number of aryl methyl sites for hydroxylation is 1. The summed E-state index contributed by atoms with van der Waals surface area (Å²) in [6, 6.07) is 12.9. The number of rotatable bonds is 9. The van der Waals surface area contributed by atoms with Gasteiger partial charge in [0.15, 0.2) is 5.96 Å². The topological polar surface area (TPSA) is 70.6 Å². The second-order valence-corrected chi connectivity index (χ2v) is 8.27. The maximum atomic E-state index is 5.75. The Labute approximate surface area is 190 Å². The molecule has 170 valence electrons. The Morgan fingerprint density at radius 1 is 1.16 bits per heavy atom. The molecule has 0 bridgehead atoms. The Morgan fingerprint density at radius 3 is 2.72 bits per heavy atom. The summed E-state index contributed by atoms with van der Waals surface area (Å²) < 4.78 is 7.90. The summed E-state index contributed by atoms with van der Waals surface area (Å²) in [4.78, 5) is 11.7. The lowest BCUT2D eigenvalue weighted by Gasteiger charge is -2.26. The zero-order valence-corrected chi connectivity index (χ0v) is 19.1. The molecule has 2 N–H and O–H groups in total. The van der Waals surface area contributed by atoms with Crippen molar-refractivity contribution in [1.29, 1.82) is 0 Å². The third-order valence-corrected chi connectivity index (χ3v) is 5.95. The van der Waals surface area contributed by atoms with Crippen molar-refractivity contribution in [3.63, 3.8) is 0 Å². The Hall–Kier alpha value is -3.06. The number of imidazole rings is 1. The molecule has 32 heavy (non-hydrogen) atoms. The van der Waals surface area contributed by atoms with Gasteiger partial charge in [-0.1, -0.05) is 24.3 Å². The SMILES string of the molecule is CCNC(=NCc1cccc(Cn2ccnc2C)c1)NCC(c1ccco1)N1CCCC1. The number of nitrogens with zero attached hydrogens (tertiary/aromatic N) is 4. The third-order valence-electron chi connectivity index (χ3n) is 5.95. The number of guanidine groups is 1. The molecule has 1 saturated heterocycles. The largest absolute Gasteiger partial charge is 0.468 e. The van der Waals surface area contributed by atoms with Crippen LogP contribution in [0.2, 0.25) is 0 Å². The van der Waals surface area contributed by atoms with Crippen molar-refractivity contribution in [2.45, 2.75) is 45.8 Å². The fraction of sp³-hybridized carbons (Fsp3) is 0.440. The molecule has 1 unspecified atom stereocenters. The van der Waals surface area contributed by atoms with Gasteiger partial charge in [0.05, 0.1) is 18.8 Å². The van der Waals surface area contributed by atoms with Crippen LogP contribution in [0, 0.1) is 6.92 Å². The van der Waals surface area contributed by atoms with Gasteiger partial charge in [0.2, 0.25) is 0 Å². The van der Waals surface area contributed by atoms with E-state index in [0.29, 0.717) is 6.54 Å². The number of aliphatic imine (C=N–C) groups is 1. The summed E-state index contributed by atoms with van der Waals surface area (Å²) >= 11 is 0. The molecule has 7 nitrogen and oxygen atoms in total. The predicted octanol–water partition coefficient (Wildman–Crippen LogP) is 3.73. The first-order chi connectivity index (χ1) is 15.7. The van der Waals surface area contributed by atoms with Gasteiger partial charge >= 0.3 is 0 Å². The van der Waals surface area contributed by atoms with E-state index in [1.165, 1.54) is 24.0 Å². The highest BCUT2D eigenvalue weighted by Gasteiger charge is 2.25. The summed E-state index contributed by atoms with van der Waals surface area (Å²) in [5.41, 5.74) is 2.45. The van der Waals surface area contributed by atoms with Gasteiger partial charge in [0.25, 0.3) is 0 Å². The zero-order chi connectivity index (χ0) is 22.2. The maximum absolute atomic E-state index is 5.75. The van der Waals surface area contributed by atoms with E-state index in [0.717, 1.165) is 50.3 Å². The fourth-order valence-corrected chi connectivity index (χ4v) is 4.24. The van der Waals surface area contributed by atoms with Crippen molar-refractivity contribution >= 4 is 5.96 Å². The Morgan fingerprint density at radius 2 is 2.00 bits per heavy atom. The van der Waals surface area contributed by atoms with Crippen molar-refractivity contribution in [3.8, 4) is 0 Å². The monoisotopic (exact) mass is 434 g/mol. The highest BCUT2D eigenvalue weighted by Crippen LogP contribution is 2.24. The highest BCUT2D eigenvalue weighted by atomic mass is 16.3. The number of furan rings is 1. The first-order valence-corrected chi connectivity index (χ1v) is 11.6. The van der Waals surface area contributed by atoms with Gasteiger partial charge in [-0.3, -0.25) is 4.90 Å². The quantitative estimate of drug-likeness (QED) is 0.397. The molecule has 0 saturated carbocycles. The van der Waals surface area contributed by atoms with Gasteiger partial charge in [0, 0.05) is 32.0 Å². The molecule has 0 radical (unpaired) electrons. The second-order valence-electron chi connectivity index (χ2n) is 8.27. The van der Waals surface area contributed by atoms with Crippen LogP contribution in [0.25, 0.3) is 0 Å². The van der Waals surface area contributed by atoms with Crippen LogP contribution in [0.1, 0.15) is 48.5 Å². The summed E-state index contributed by atoms with van der Waals surface area (Å²) in [5, 5.41) is 6.92. The molecular formula is C25H34N6O. The Kier molecular flexibility index (Phi) is 7.61. The van der Waals surface area contributed by atoms with Crippen molar-refractivity contribution < 1.29 is 4.42 Å². The molecule has 1 fully saturated rings. The van der Waals surface area contributed by atoms with Crippen LogP contribution in [0.4, 0.5) is 0 Å². The third kappa shape index (κ3) is 5.79. The van der Waals surface area contributed by atoms with Crippen molar-refractivity contribution in [2.75, 3.05) is 26.2 Å². The van der Waals surface area contributed by atoms with E-state index in [9.17, 15) is 0 Å². The molecule has 1 aromatic carbocycles. The standard InChI is InChI=1S/C25H34N6O/c1-3-26-25(29-18-23(24-10-7-15-32-24)30-12-4-5-13-30)28-17-21-8-6-9-22(16-21)19-31-14-11-27-20(31)2/h6-11,14-16,23H,3-5,12-13,17-19H2,1-2H3,(H2,26,28,29). The zero-order valence-electron chi connectivity index (χ0n) is 19.1. The van der Waals surface area contributed by atoms with Crippen LogP contribution >= 0.6 is 0 Å². The molecule has 4 rings (SSSR count). The van der Waals surface area contributed by atoms with E-state index in [1.54, 1.807) is 6.26 Å². The number of likely N-dealkylation sites (tertiary alicyclic amines) is 1. The average molecular weight is 435 g/mol. The molecule has 0 spiro atoms. The molecule has 0 aliphatic carbocycles. The van der Waals surface area contributed by atoms with E-state index in [4.69, 9.17) is 9.41 Å². The lowest BCUT2D eigenvalue weighted by atomic mass is 10.1. The lowest BCUT2D eigenvalue weighted by Crippen LogP contribution is -2.42. The van der Waals surface area contributed by atoms with Crippen LogP contribution in [-0.2, 0) is 13.1 Å². The minimum absolute atomic E-state index is 0.220. The molecule has 1 aliphatic heterocycles. The van der Waals surface area contributed by atoms with E-state index in [1.807, 2.05) is 25.4 Å². The first kappa shape index (κ1) is 22.1. The van der Waals surface area contributed by atoms with Gasteiger partial charge in [-0.05, 0) is 63.0 Å². The summed E-state index contributed by atoms with van der Waals surface area (Å²) in [6.07, 6.45) is 8.12. The molecular weight excluding hydrogens is 400 g/mol. The fourth-order valence-electron chi connectivity index (χ4n) is 4.24. The molecule has 1 aliphatic rings. The van der Waals surface area contributed by atoms with Gasteiger partial charge in [-0.15, -0.1) is 0 Å². The predicted molar refractivity (Wildman–Crippen MR) is 128 cm³/mol. The van der Waals surface area contributed by atoms with Crippen LogP contribution < -0.4 is 10.6 Å². The van der Waals surface area contributed by atoms with E-state index < -0.39 is 0 Å². The minimum atomic E-state index is 0.220. The van der Waals surface area contributed by atoms with E-state index in [2.05, 4.69) is 62.3 Å². The Bertz CT molecular complexity index is 988. The van der Waals surface area contributed by atoms with Crippen LogP contribution in [0.3, 0.4) is 0 Å². The lowest BCUT2D eigenvalue weighted by molar-refractivity contribution is 0.215. The Balaban J connectivity index is 1.40. The van der Waals surface area contributed by atoms with E-state index in [-0.39, 0.29) is 6.04 Å². The molecule has 3 aromatic rings. The van der Waals surface area contributed by atoms with Gasteiger partial charge in [0.1, 0.15) is 11.6 Å². The second kappa shape index (κ2) is 11.0. The summed E-state index contributed by atoms with van der Waals surface area (Å²) in [7, 11) is 0. The molecule has 7 heteroatoms. The maximum Gasteiger partial charge on any atom is 0.191 e. The van der Waals surface area contributed by atoms with Gasteiger partial charge in [-0.2, -0.15) is 0 Å².